The first-order valence-corrected chi connectivity index (χ1v) is 7.31. The van der Waals surface area contributed by atoms with Crippen molar-refractivity contribution in [2.24, 2.45) is 7.05 Å². The fourth-order valence-electron chi connectivity index (χ4n) is 2.51. The van der Waals surface area contributed by atoms with Crippen LogP contribution in [0.5, 0.6) is 5.88 Å². The summed E-state index contributed by atoms with van der Waals surface area (Å²) in [7, 11) is 1.64. The van der Waals surface area contributed by atoms with Crippen LogP contribution >= 0.6 is 0 Å². The van der Waals surface area contributed by atoms with Crippen molar-refractivity contribution in [3.05, 3.63) is 46.6 Å². The Hall–Kier alpha value is -2.58. The summed E-state index contributed by atoms with van der Waals surface area (Å²) in [6.45, 7) is 1.01. The molecule has 0 saturated carbocycles. The second kappa shape index (κ2) is 6.14. The molecular formula is C15H15F3N4O2. The van der Waals surface area contributed by atoms with Gasteiger partial charge in [0, 0.05) is 44.7 Å². The molecule has 1 atom stereocenters. The SMILES string of the molecule is Cn1ccnc(N2CC[C@H](Oc3ccc(C(F)(F)F)cn3)C2)c1=O. The van der Waals surface area contributed by atoms with Crippen LogP contribution in [-0.4, -0.2) is 33.7 Å². The van der Waals surface area contributed by atoms with Gasteiger partial charge >= 0.3 is 6.18 Å². The molecule has 0 bridgehead atoms. The third-order valence-electron chi connectivity index (χ3n) is 3.79. The van der Waals surface area contributed by atoms with Gasteiger partial charge in [0.15, 0.2) is 5.82 Å². The van der Waals surface area contributed by atoms with Gasteiger partial charge in [-0.05, 0) is 6.07 Å². The van der Waals surface area contributed by atoms with Gasteiger partial charge in [-0.2, -0.15) is 13.2 Å². The van der Waals surface area contributed by atoms with Crippen molar-refractivity contribution < 1.29 is 17.9 Å². The lowest BCUT2D eigenvalue weighted by Crippen LogP contribution is -2.32. The van der Waals surface area contributed by atoms with E-state index >= 15 is 0 Å². The number of aromatic nitrogens is 3. The number of ether oxygens (including phenoxy) is 1. The number of anilines is 1. The minimum Gasteiger partial charge on any atom is -0.472 e. The molecule has 3 rings (SSSR count). The van der Waals surface area contributed by atoms with Crippen LogP contribution in [0.2, 0.25) is 0 Å². The van der Waals surface area contributed by atoms with Crippen molar-refractivity contribution in [2.75, 3.05) is 18.0 Å². The molecule has 1 aliphatic heterocycles. The smallest absolute Gasteiger partial charge is 0.417 e. The summed E-state index contributed by atoms with van der Waals surface area (Å²) in [6.07, 6.45) is -0.196. The number of alkyl halides is 3. The number of nitrogens with zero attached hydrogens (tertiary/aromatic N) is 4. The number of rotatable bonds is 3. The quantitative estimate of drug-likeness (QED) is 0.853. The molecule has 1 saturated heterocycles. The Bertz CT molecular complexity index is 774. The summed E-state index contributed by atoms with van der Waals surface area (Å²) in [4.78, 5) is 21.6. The predicted molar refractivity (Wildman–Crippen MR) is 80.0 cm³/mol. The monoisotopic (exact) mass is 340 g/mol. The number of hydrogen-bond acceptors (Lipinski definition) is 5. The summed E-state index contributed by atoms with van der Waals surface area (Å²) in [5.41, 5.74) is -1.02. The van der Waals surface area contributed by atoms with Gasteiger partial charge in [0.05, 0.1) is 12.1 Å². The van der Waals surface area contributed by atoms with Gasteiger partial charge in [0.25, 0.3) is 5.56 Å². The van der Waals surface area contributed by atoms with E-state index in [1.165, 1.54) is 10.6 Å². The van der Waals surface area contributed by atoms with Gasteiger partial charge in [0.2, 0.25) is 5.88 Å². The van der Waals surface area contributed by atoms with E-state index in [1.54, 1.807) is 24.3 Å². The molecule has 128 valence electrons. The minimum absolute atomic E-state index is 0.128. The van der Waals surface area contributed by atoms with Crippen LogP contribution < -0.4 is 15.2 Å². The van der Waals surface area contributed by atoms with Crippen LogP contribution in [0.1, 0.15) is 12.0 Å². The summed E-state index contributed by atoms with van der Waals surface area (Å²) < 4.78 is 44.6. The molecule has 0 N–H and O–H groups in total. The maximum atomic E-state index is 12.5. The molecule has 0 spiro atoms. The standard InChI is InChI=1S/C15H15F3N4O2/c1-21-7-5-19-13(14(21)23)22-6-4-11(9-22)24-12-3-2-10(8-20-12)15(16,17)18/h2-3,5,7-8,11H,4,6,9H2,1H3/t11-/m0/s1. The largest absolute Gasteiger partial charge is 0.472 e. The Morgan fingerprint density at radius 1 is 1.29 bits per heavy atom. The lowest BCUT2D eigenvalue weighted by atomic mass is 10.3. The van der Waals surface area contributed by atoms with Crippen molar-refractivity contribution in [2.45, 2.75) is 18.7 Å². The van der Waals surface area contributed by atoms with Crippen molar-refractivity contribution in [1.29, 1.82) is 0 Å². The van der Waals surface area contributed by atoms with E-state index in [0.717, 1.165) is 12.3 Å². The van der Waals surface area contributed by atoms with Gasteiger partial charge in [-0.3, -0.25) is 4.79 Å². The van der Waals surface area contributed by atoms with Crippen LogP contribution in [-0.2, 0) is 13.2 Å². The van der Waals surface area contributed by atoms with E-state index in [1.807, 2.05) is 0 Å². The average Bonchev–Trinajstić information content (AvgIpc) is 2.98. The topological polar surface area (TPSA) is 60.3 Å². The maximum Gasteiger partial charge on any atom is 0.417 e. The molecule has 3 heterocycles. The van der Waals surface area contributed by atoms with Crippen molar-refractivity contribution in [3.63, 3.8) is 0 Å². The van der Waals surface area contributed by atoms with Crippen LogP contribution in [0.15, 0.2) is 35.5 Å². The molecule has 2 aromatic rings. The summed E-state index contributed by atoms with van der Waals surface area (Å²) in [5, 5.41) is 0. The van der Waals surface area contributed by atoms with Gasteiger partial charge in [0.1, 0.15) is 6.10 Å². The third kappa shape index (κ3) is 3.34. The molecular weight excluding hydrogens is 325 g/mol. The molecule has 0 amide bonds. The molecule has 2 aromatic heterocycles. The molecule has 0 radical (unpaired) electrons. The Kier molecular flexibility index (Phi) is 4.16. The third-order valence-corrected chi connectivity index (χ3v) is 3.79. The average molecular weight is 340 g/mol. The number of hydrogen-bond donors (Lipinski definition) is 0. The van der Waals surface area contributed by atoms with E-state index in [4.69, 9.17) is 4.74 Å². The first-order valence-electron chi connectivity index (χ1n) is 7.31. The normalized spacial score (nSPS) is 18.0. The number of halogens is 3. The van der Waals surface area contributed by atoms with Gasteiger partial charge in [-0.15, -0.1) is 0 Å². The highest BCUT2D eigenvalue weighted by Crippen LogP contribution is 2.29. The fourth-order valence-corrected chi connectivity index (χ4v) is 2.51. The van der Waals surface area contributed by atoms with Crippen LogP contribution in [0, 0.1) is 0 Å². The van der Waals surface area contributed by atoms with E-state index < -0.39 is 11.7 Å². The molecule has 0 unspecified atom stereocenters. The number of aryl methyl sites for hydroxylation is 1. The predicted octanol–water partition coefficient (Wildman–Crippen LogP) is 1.85. The van der Waals surface area contributed by atoms with E-state index in [0.29, 0.717) is 25.3 Å². The lowest BCUT2D eigenvalue weighted by molar-refractivity contribution is -0.137. The van der Waals surface area contributed by atoms with Gasteiger partial charge in [-0.25, -0.2) is 9.97 Å². The zero-order valence-electron chi connectivity index (χ0n) is 12.8. The zero-order chi connectivity index (χ0) is 17.3. The Morgan fingerprint density at radius 3 is 2.75 bits per heavy atom. The molecule has 24 heavy (non-hydrogen) atoms. The highest BCUT2D eigenvalue weighted by atomic mass is 19.4. The Morgan fingerprint density at radius 2 is 2.08 bits per heavy atom. The highest BCUT2D eigenvalue weighted by molar-refractivity contribution is 5.37. The van der Waals surface area contributed by atoms with Crippen LogP contribution in [0.25, 0.3) is 0 Å². The molecule has 1 fully saturated rings. The molecule has 0 aliphatic carbocycles. The molecule has 1 aliphatic rings. The van der Waals surface area contributed by atoms with Crippen LogP contribution in [0.4, 0.5) is 19.0 Å². The van der Waals surface area contributed by atoms with Gasteiger partial charge in [-0.1, -0.05) is 0 Å². The first-order chi connectivity index (χ1) is 11.3. The molecule has 6 nitrogen and oxygen atoms in total. The van der Waals surface area contributed by atoms with Crippen molar-refractivity contribution in [1.82, 2.24) is 14.5 Å². The molecule has 9 heteroatoms. The number of pyridine rings is 1. The Balaban J connectivity index is 1.66. The van der Waals surface area contributed by atoms with E-state index in [2.05, 4.69) is 9.97 Å². The first kappa shape index (κ1) is 16.3. The summed E-state index contributed by atoms with van der Waals surface area (Å²) >= 11 is 0. The minimum atomic E-state index is -4.42. The van der Waals surface area contributed by atoms with Crippen LogP contribution in [0.3, 0.4) is 0 Å². The lowest BCUT2D eigenvalue weighted by Gasteiger charge is -2.17. The Labute approximate surface area is 135 Å². The highest BCUT2D eigenvalue weighted by Gasteiger charge is 2.31. The summed E-state index contributed by atoms with van der Waals surface area (Å²) in [5.74, 6) is 0.468. The molecule has 0 aromatic carbocycles. The van der Waals surface area contributed by atoms with Crippen molar-refractivity contribution >= 4 is 5.82 Å². The zero-order valence-corrected chi connectivity index (χ0v) is 12.8. The summed E-state index contributed by atoms with van der Waals surface area (Å²) in [6, 6.07) is 2.13. The fraction of sp³-hybridized carbons (Fsp3) is 0.400. The van der Waals surface area contributed by atoms with Gasteiger partial charge < -0.3 is 14.2 Å². The second-order valence-corrected chi connectivity index (χ2v) is 5.52. The van der Waals surface area contributed by atoms with E-state index in [9.17, 15) is 18.0 Å². The maximum absolute atomic E-state index is 12.5. The van der Waals surface area contributed by atoms with Crippen molar-refractivity contribution in [3.8, 4) is 5.88 Å². The van der Waals surface area contributed by atoms with E-state index in [-0.39, 0.29) is 17.5 Å². The second-order valence-electron chi connectivity index (χ2n) is 5.52.